The number of nitrogens with zero attached hydrogens (tertiary/aromatic N) is 6. The molecule has 0 amide bonds. The maximum absolute atomic E-state index is 6.25. The topological polar surface area (TPSA) is 143 Å². The minimum Gasteiger partial charge on any atom is -0.512 e. The predicted octanol–water partition coefficient (Wildman–Crippen LogP) is -2.42. The van der Waals surface area contributed by atoms with Crippen molar-refractivity contribution in [3.05, 3.63) is 39.4 Å². The van der Waals surface area contributed by atoms with Crippen molar-refractivity contribution >= 4 is 0 Å². The van der Waals surface area contributed by atoms with E-state index in [4.69, 9.17) is 71.0 Å². The summed E-state index contributed by atoms with van der Waals surface area (Å²) in [5.41, 5.74) is 0. The molecule has 0 spiro atoms. The van der Waals surface area contributed by atoms with E-state index >= 15 is 0 Å². The minimum absolute atomic E-state index is 0. The van der Waals surface area contributed by atoms with Crippen LogP contribution < -0.4 is 51.4 Å². The van der Waals surface area contributed by atoms with Crippen LogP contribution in [-0.4, -0.2) is 0 Å². The van der Waals surface area contributed by atoms with E-state index in [-0.39, 0.29) is 85.5 Å². The Morgan fingerprint density at radius 2 is 0.400 bits per heavy atom. The normalized spacial score (nSPS) is 0.800. The van der Waals surface area contributed by atoms with Gasteiger partial charge in [-0.3, -0.25) is 0 Å². The van der Waals surface area contributed by atoms with Crippen LogP contribution in [0.1, 0.15) is 0 Å². The molecule has 0 aliphatic rings. The van der Waals surface area contributed by atoms with Crippen LogP contribution in [0.4, 0.5) is 0 Å². The van der Waals surface area contributed by atoms with Gasteiger partial charge in [0.05, 0.1) is 0 Å². The number of hydrogen-bond donors (Lipinski definition) is 0. The van der Waals surface area contributed by atoms with Gasteiger partial charge in [0.2, 0.25) is 0 Å². The van der Waals surface area contributed by atoms with Crippen LogP contribution in [0.5, 0.6) is 0 Å². The summed E-state index contributed by atoms with van der Waals surface area (Å²) in [7, 11) is 0. The van der Waals surface area contributed by atoms with E-state index in [0.717, 1.165) is 0 Å². The monoisotopic (exact) mass is 307 g/mol. The van der Waals surface area contributed by atoms with E-state index in [1.54, 1.807) is 0 Å². The standard InChI is InChI=1S/6CN.2Fe.K/c6*1-2;;;/q6*-1;+2;+6;+1. The van der Waals surface area contributed by atoms with Gasteiger partial charge in [-0.15, -0.1) is 0 Å². The Labute approximate surface area is 154 Å². The molecule has 0 saturated carbocycles. The van der Waals surface area contributed by atoms with Crippen LogP contribution >= 0.6 is 0 Å². The summed E-state index contributed by atoms with van der Waals surface area (Å²) < 4.78 is 0. The molecule has 68 valence electrons. The van der Waals surface area contributed by atoms with Gasteiger partial charge < -0.3 is 71.0 Å². The molecule has 0 fully saturated rings. The zero-order valence-electron chi connectivity index (χ0n) is 7.39. The molecule has 0 aromatic rings. The summed E-state index contributed by atoms with van der Waals surface area (Å²) in [4.78, 5) is 0. The molecule has 0 radical (unpaired) electrons. The van der Waals surface area contributed by atoms with E-state index in [1.165, 1.54) is 0 Å². The molecule has 0 aromatic heterocycles. The third-order valence-corrected chi connectivity index (χ3v) is 0. The molecule has 0 aliphatic heterocycles. The summed E-state index contributed by atoms with van der Waals surface area (Å²) in [6.07, 6.45) is 0. The Morgan fingerprint density at radius 3 is 0.400 bits per heavy atom. The molecule has 0 bridgehead atoms. The molecule has 0 heterocycles. The van der Waals surface area contributed by atoms with Gasteiger partial charge in [0.15, 0.2) is 0 Å². The van der Waals surface area contributed by atoms with Gasteiger partial charge in [0, 0.05) is 0 Å². The van der Waals surface area contributed by atoms with E-state index < -0.39 is 0 Å². The maximum Gasteiger partial charge on any atom is 6.00 e. The molecule has 0 aliphatic carbocycles. The van der Waals surface area contributed by atoms with Gasteiger partial charge in [0.25, 0.3) is 0 Å². The summed E-state index contributed by atoms with van der Waals surface area (Å²) >= 11 is 0. The van der Waals surface area contributed by atoms with Crippen LogP contribution in [0.3, 0.4) is 0 Å². The van der Waals surface area contributed by atoms with Crippen LogP contribution in [0.15, 0.2) is 0 Å². The van der Waals surface area contributed by atoms with Crippen molar-refractivity contribution in [2.24, 2.45) is 0 Å². The summed E-state index contributed by atoms with van der Waals surface area (Å²) in [6.45, 7) is 28.5. The minimum atomic E-state index is 0. The van der Waals surface area contributed by atoms with Crippen molar-refractivity contribution in [2.75, 3.05) is 0 Å². The van der Waals surface area contributed by atoms with E-state index in [0.29, 0.717) is 0 Å². The summed E-state index contributed by atoms with van der Waals surface area (Å²) in [5.74, 6) is 0. The third-order valence-electron chi connectivity index (χ3n) is 0. The first kappa shape index (κ1) is 85.9. The van der Waals surface area contributed by atoms with E-state index in [1.807, 2.05) is 0 Å². The molecule has 15 heavy (non-hydrogen) atoms. The first-order valence-corrected chi connectivity index (χ1v) is 1.34. The average Bonchev–Trinajstić information content (AvgIpc) is 2.33. The Balaban J connectivity index is -0.00000000396. The van der Waals surface area contributed by atoms with Gasteiger partial charge in [-0.2, -0.15) is 0 Å². The molecule has 0 N–H and O–H groups in total. The largest absolute Gasteiger partial charge is 6.00 e. The van der Waals surface area contributed by atoms with Crippen molar-refractivity contribution in [1.29, 1.82) is 31.6 Å². The Hall–Kier alpha value is -0.385. The molecule has 0 saturated heterocycles. The van der Waals surface area contributed by atoms with Crippen molar-refractivity contribution in [2.45, 2.75) is 0 Å². The van der Waals surface area contributed by atoms with Crippen LogP contribution in [-0.2, 0) is 34.1 Å². The zero-order chi connectivity index (χ0) is 12.0. The second-order valence-electron chi connectivity index (χ2n) is 0. The molecule has 0 unspecified atom stereocenters. The quantitative estimate of drug-likeness (QED) is 0.360. The second kappa shape index (κ2) is 14600. The summed E-state index contributed by atoms with van der Waals surface area (Å²) in [6, 6.07) is 0. The van der Waals surface area contributed by atoms with Crippen LogP contribution in [0.25, 0.3) is 0 Å². The van der Waals surface area contributed by atoms with E-state index in [9.17, 15) is 0 Å². The van der Waals surface area contributed by atoms with Crippen molar-refractivity contribution in [1.82, 2.24) is 0 Å². The zero-order valence-corrected chi connectivity index (χ0v) is 12.7. The molecular weight excluding hydrogens is 307 g/mol. The Kier molecular flexibility index (Phi) is 83900. The Morgan fingerprint density at radius 1 is 0.400 bits per heavy atom. The van der Waals surface area contributed by atoms with Gasteiger partial charge >= 0.3 is 85.5 Å². The molecule has 0 atom stereocenters. The fourth-order valence-corrected chi connectivity index (χ4v) is 0. The van der Waals surface area contributed by atoms with Crippen molar-refractivity contribution < 1.29 is 85.5 Å². The van der Waals surface area contributed by atoms with Crippen LogP contribution in [0.2, 0.25) is 0 Å². The molecule has 0 aromatic carbocycles. The van der Waals surface area contributed by atoms with Crippen molar-refractivity contribution in [3.63, 3.8) is 0 Å². The smallest absolute Gasteiger partial charge is 0.512 e. The van der Waals surface area contributed by atoms with Gasteiger partial charge in [-0.1, -0.05) is 0 Å². The fraction of sp³-hybridized carbons (Fsp3) is 0. The number of rotatable bonds is 0. The molecule has 0 rings (SSSR count). The van der Waals surface area contributed by atoms with Gasteiger partial charge in [-0.25, -0.2) is 0 Å². The maximum atomic E-state index is 6.25. The predicted molar refractivity (Wildman–Crippen MR) is 29.8 cm³/mol. The van der Waals surface area contributed by atoms with Crippen molar-refractivity contribution in [3.8, 4) is 0 Å². The first-order valence-electron chi connectivity index (χ1n) is 1.34. The summed E-state index contributed by atoms with van der Waals surface area (Å²) in [5, 5.41) is 37.5. The molecule has 6 nitrogen and oxygen atoms in total. The SMILES string of the molecule is [C-]#N.[C-]#N.[C-]#N.[C-]#N.[C-]#N.[C-]#N.[Fe+2].[Fe+6].[K+]. The number of hydrogen-bond acceptors (Lipinski definition) is 6. The molecule has 9 heteroatoms. The average molecular weight is 307 g/mol. The Bertz CT molecular complexity index is 101. The van der Waals surface area contributed by atoms with E-state index in [2.05, 4.69) is 0 Å². The van der Waals surface area contributed by atoms with Gasteiger partial charge in [-0.05, 0) is 0 Å². The first-order chi connectivity index (χ1) is 6.00. The van der Waals surface area contributed by atoms with Gasteiger partial charge in [0.1, 0.15) is 0 Å². The van der Waals surface area contributed by atoms with Crippen LogP contribution in [0, 0.1) is 71.0 Å². The molecular formula is C6Fe2KN6+3. The third kappa shape index (κ3) is 12400. The second-order valence-corrected chi connectivity index (χ2v) is 0. The fourth-order valence-electron chi connectivity index (χ4n) is 0.